The van der Waals surface area contributed by atoms with Crippen LogP contribution in [0, 0.1) is 5.82 Å². The molecular formula is C17H18FNO4. The predicted molar refractivity (Wildman–Crippen MR) is 82.7 cm³/mol. The molecular weight excluding hydrogens is 301 g/mol. The number of hydrogen-bond acceptors (Lipinski definition) is 4. The second kappa shape index (κ2) is 7.19. The standard InChI is InChI=1S/C17H18FNO4/c1-11-15(17(21)23-3)14(16(20)19(11)7-8-22-2)10-12-5-4-6-13(18)9-12/h4-6,9-10H,7-8H2,1-3H3/b14-10-. The van der Waals surface area contributed by atoms with Gasteiger partial charge in [-0.3, -0.25) is 4.79 Å². The van der Waals surface area contributed by atoms with Gasteiger partial charge in [-0.15, -0.1) is 0 Å². The number of carbonyl (C=O) groups excluding carboxylic acids is 2. The Labute approximate surface area is 134 Å². The largest absolute Gasteiger partial charge is 0.465 e. The Bertz CT molecular complexity index is 694. The lowest BCUT2D eigenvalue weighted by molar-refractivity contribution is -0.136. The van der Waals surface area contributed by atoms with Crippen LogP contribution in [0.3, 0.4) is 0 Å². The third-order valence-corrected chi connectivity index (χ3v) is 3.58. The first-order valence-corrected chi connectivity index (χ1v) is 7.07. The molecule has 23 heavy (non-hydrogen) atoms. The van der Waals surface area contributed by atoms with Crippen molar-refractivity contribution in [2.75, 3.05) is 27.4 Å². The average Bonchev–Trinajstić information content (AvgIpc) is 2.76. The maximum absolute atomic E-state index is 13.3. The van der Waals surface area contributed by atoms with Gasteiger partial charge in [-0.1, -0.05) is 12.1 Å². The second-order valence-corrected chi connectivity index (χ2v) is 5.01. The monoisotopic (exact) mass is 319 g/mol. The van der Waals surface area contributed by atoms with Crippen molar-refractivity contribution < 1.29 is 23.5 Å². The van der Waals surface area contributed by atoms with Crippen LogP contribution in [0.2, 0.25) is 0 Å². The summed E-state index contributed by atoms with van der Waals surface area (Å²) in [6, 6.07) is 5.80. The molecule has 0 aliphatic carbocycles. The smallest absolute Gasteiger partial charge is 0.340 e. The number of esters is 1. The zero-order valence-corrected chi connectivity index (χ0v) is 13.3. The molecule has 6 heteroatoms. The van der Waals surface area contributed by atoms with Crippen molar-refractivity contribution in [3.63, 3.8) is 0 Å². The first-order valence-electron chi connectivity index (χ1n) is 7.07. The first kappa shape index (κ1) is 16.9. The predicted octanol–water partition coefficient (Wildman–Crippen LogP) is 2.14. The normalized spacial score (nSPS) is 16.4. The summed E-state index contributed by atoms with van der Waals surface area (Å²) in [5.41, 5.74) is 1.38. The highest BCUT2D eigenvalue weighted by atomic mass is 19.1. The highest BCUT2D eigenvalue weighted by Crippen LogP contribution is 2.31. The van der Waals surface area contributed by atoms with Gasteiger partial charge in [-0.05, 0) is 30.7 Å². The van der Waals surface area contributed by atoms with Crippen molar-refractivity contribution in [3.05, 3.63) is 52.5 Å². The fourth-order valence-electron chi connectivity index (χ4n) is 2.44. The van der Waals surface area contributed by atoms with Crippen molar-refractivity contribution in [3.8, 4) is 0 Å². The van der Waals surface area contributed by atoms with Crippen LogP contribution >= 0.6 is 0 Å². The Morgan fingerprint density at radius 1 is 1.35 bits per heavy atom. The molecule has 0 unspecified atom stereocenters. The van der Waals surface area contributed by atoms with Crippen molar-refractivity contribution in [2.24, 2.45) is 0 Å². The maximum Gasteiger partial charge on any atom is 0.340 e. The average molecular weight is 319 g/mol. The van der Waals surface area contributed by atoms with E-state index in [1.54, 1.807) is 13.0 Å². The summed E-state index contributed by atoms with van der Waals surface area (Å²) in [7, 11) is 2.79. The molecule has 0 aromatic heterocycles. The molecule has 0 atom stereocenters. The minimum absolute atomic E-state index is 0.191. The molecule has 1 aromatic carbocycles. The molecule has 0 saturated carbocycles. The van der Waals surface area contributed by atoms with Crippen LogP contribution in [0.1, 0.15) is 12.5 Å². The summed E-state index contributed by atoms with van der Waals surface area (Å²) in [6.07, 6.45) is 1.49. The van der Waals surface area contributed by atoms with Crippen LogP contribution in [0.4, 0.5) is 4.39 Å². The number of benzene rings is 1. The number of nitrogens with zero attached hydrogens (tertiary/aromatic N) is 1. The van der Waals surface area contributed by atoms with Crippen molar-refractivity contribution >= 4 is 18.0 Å². The molecule has 0 bridgehead atoms. The molecule has 0 N–H and O–H groups in total. The lowest BCUT2D eigenvalue weighted by Gasteiger charge is -2.16. The van der Waals surface area contributed by atoms with Gasteiger partial charge in [-0.25, -0.2) is 9.18 Å². The molecule has 2 rings (SSSR count). The van der Waals surface area contributed by atoms with E-state index in [1.165, 1.54) is 43.4 Å². The topological polar surface area (TPSA) is 55.8 Å². The Balaban J connectivity index is 2.47. The van der Waals surface area contributed by atoms with Gasteiger partial charge in [0.2, 0.25) is 0 Å². The second-order valence-electron chi connectivity index (χ2n) is 5.01. The Kier molecular flexibility index (Phi) is 5.28. The molecule has 1 aliphatic rings. The van der Waals surface area contributed by atoms with E-state index in [0.717, 1.165) is 0 Å². The summed E-state index contributed by atoms with van der Waals surface area (Å²) < 4.78 is 23.1. The van der Waals surface area contributed by atoms with Crippen molar-refractivity contribution in [1.82, 2.24) is 4.90 Å². The van der Waals surface area contributed by atoms with Gasteiger partial charge in [0, 0.05) is 19.4 Å². The minimum atomic E-state index is -0.599. The fraction of sp³-hybridized carbons (Fsp3) is 0.294. The van der Waals surface area contributed by atoms with E-state index in [2.05, 4.69) is 0 Å². The Morgan fingerprint density at radius 2 is 2.09 bits per heavy atom. The molecule has 0 fully saturated rings. The number of ether oxygens (including phenoxy) is 2. The minimum Gasteiger partial charge on any atom is -0.465 e. The van der Waals surface area contributed by atoms with Crippen LogP contribution in [0.5, 0.6) is 0 Å². The van der Waals surface area contributed by atoms with E-state index < -0.39 is 11.8 Å². The molecule has 122 valence electrons. The number of rotatable bonds is 5. The van der Waals surface area contributed by atoms with Gasteiger partial charge in [-0.2, -0.15) is 0 Å². The molecule has 5 nitrogen and oxygen atoms in total. The number of amides is 1. The first-order chi connectivity index (χ1) is 11.0. The van der Waals surface area contributed by atoms with E-state index in [4.69, 9.17) is 9.47 Å². The lowest BCUT2D eigenvalue weighted by Crippen LogP contribution is -2.28. The van der Waals surface area contributed by atoms with Crippen LogP contribution in [0.15, 0.2) is 41.1 Å². The van der Waals surface area contributed by atoms with E-state index >= 15 is 0 Å². The summed E-state index contributed by atoms with van der Waals surface area (Å²) in [6.45, 7) is 2.33. The zero-order valence-electron chi connectivity index (χ0n) is 13.3. The molecule has 0 spiro atoms. The quantitative estimate of drug-likeness (QED) is 0.616. The van der Waals surface area contributed by atoms with E-state index in [1.807, 2.05) is 0 Å². The number of methoxy groups -OCH3 is 2. The summed E-state index contributed by atoms with van der Waals surface area (Å²) in [5, 5.41) is 0. The van der Waals surface area contributed by atoms with E-state index in [9.17, 15) is 14.0 Å². The van der Waals surface area contributed by atoms with Gasteiger partial charge >= 0.3 is 5.97 Å². The Morgan fingerprint density at radius 3 is 2.70 bits per heavy atom. The molecule has 1 aromatic rings. The molecule has 0 radical (unpaired) electrons. The summed E-state index contributed by atoms with van der Waals surface area (Å²) in [5.74, 6) is -1.34. The van der Waals surface area contributed by atoms with E-state index in [0.29, 0.717) is 24.4 Å². The molecule has 1 amide bonds. The van der Waals surface area contributed by atoms with Crippen LogP contribution < -0.4 is 0 Å². The fourth-order valence-corrected chi connectivity index (χ4v) is 2.44. The SMILES string of the molecule is COCCN1C(=O)/C(=C\c2cccc(F)c2)C(C(=O)OC)=C1C. The van der Waals surface area contributed by atoms with Gasteiger partial charge in [0.05, 0.1) is 24.9 Å². The van der Waals surface area contributed by atoms with Gasteiger partial charge in [0.15, 0.2) is 0 Å². The zero-order chi connectivity index (χ0) is 17.0. The highest BCUT2D eigenvalue weighted by molar-refractivity contribution is 6.16. The van der Waals surface area contributed by atoms with Crippen LogP contribution in [-0.4, -0.2) is 44.1 Å². The number of allylic oxidation sites excluding steroid dienone is 1. The Hall–Kier alpha value is -2.47. The summed E-state index contributed by atoms with van der Waals surface area (Å²) in [4.78, 5) is 26.1. The van der Waals surface area contributed by atoms with Crippen LogP contribution in [0.25, 0.3) is 6.08 Å². The molecule has 1 aliphatic heterocycles. The third-order valence-electron chi connectivity index (χ3n) is 3.58. The van der Waals surface area contributed by atoms with Gasteiger partial charge in [0.1, 0.15) is 5.82 Å². The van der Waals surface area contributed by atoms with Crippen molar-refractivity contribution in [2.45, 2.75) is 6.92 Å². The summed E-state index contributed by atoms with van der Waals surface area (Å²) >= 11 is 0. The maximum atomic E-state index is 13.3. The van der Waals surface area contributed by atoms with E-state index in [-0.39, 0.29) is 17.1 Å². The van der Waals surface area contributed by atoms with Gasteiger partial charge in [0.25, 0.3) is 5.91 Å². The van der Waals surface area contributed by atoms with Gasteiger partial charge < -0.3 is 14.4 Å². The number of hydrogen-bond donors (Lipinski definition) is 0. The number of halogens is 1. The van der Waals surface area contributed by atoms with Crippen LogP contribution in [-0.2, 0) is 19.1 Å². The highest BCUT2D eigenvalue weighted by Gasteiger charge is 2.36. The lowest BCUT2D eigenvalue weighted by atomic mass is 10.0. The molecule has 0 saturated heterocycles. The molecule has 1 heterocycles. The third kappa shape index (κ3) is 3.48. The number of carbonyl (C=O) groups is 2. The van der Waals surface area contributed by atoms with Crippen molar-refractivity contribution in [1.29, 1.82) is 0 Å².